The Bertz CT molecular complexity index is 575. The Hall–Kier alpha value is -1.13. The minimum absolute atomic E-state index is 0.296. The predicted octanol–water partition coefficient (Wildman–Crippen LogP) is 2.06. The normalized spacial score (nSPS) is 18.1. The zero-order valence-electron chi connectivity index (χ0n) is 9.48. The highest BCUT2D eigenvalue weighted by Crippen LogP contribution is 2.37. The summed E-state index contributed by atoms with van der Waals surface area (Å²) in [6.07, 6.45) is 1.62. The quantitative estimate of drug-likeness (QED) is 0.814. The van der Waals surface area contributed by atoms with Crippen molar-refractivity contribution in [3.63, 3.8) is 0 Å². The zero-order chi connectivity index (χ0) is 12.1. The second-order valence-corrected chi connectivity index (χ2v) is 6.63. The average molecular weight is 238 g/mol. The Labute approximate surface area is 95.3 Å². The molecular formula is C12H14O3S. The van der Waals surface area contributed by atoms with Crippen LogP contribution in [0, 0.1) is 0 Å². The molecule has 0 spiro atoms. The van der Waals surface area contributed by atoms with Crippen LogP contribution < -0.4 is 0 Å². The lowest BCUT2D eigenvalue weighted by Crippen LogP contribution is -2.17. The molecule has 0 bridgehead atoms. The molecule has 1 heterocycles. The van der Waals surface area contributed by atoms with E-state index in [0.717, 1.165) is 0 Å². The molecule has 16 heavy (non-hydrogen) atoms. The Morgan fingerprint density at radius 2 is 1.88 bits per heavy atom. The monoisotopic (exact) mass is 238 g/mol. The van der Waals surface area contributed by atoms with E-state index in [-0.39, 0.29) is 0 Å². The van der Waals surface area contributed by atoms with E-state index < -0.39 is 15.4 Å². The third-order valence-electron chi connectivity index (χ3n) is 2.79. The van der Waals surface area contributed by atoms with Crippen LogP contribution in [-0.2, 0) is 15.4 Å². The van der Waals surface area contributed by atoms with Crippen molar-refractivity contribution in [1.82, 2.24) is 0 Å². The van der Waals surface area contributed by atoms with E-state index >= 15 is 0 Å². The molecular weight excluding hydrogens is 224 g/mol. The topological polar surface area (TPSA) is 54.4 Å². The molecule has 0 unspecified atom stereocenters. The highest BCUT2D eigenvalue weighted by Gasteiger charge is 2.31. The van der Waals surface area contributed by atoms with Crippen molar-refractivity contribution in [2.45, 2.75) is 31.3 Å². The Morgan fingerprint density at radius 1 is 1.25 bits per heavy atom. The molecule has 1 aromatic rings. The van der Waals surface area contributed by atoms with Crippen LogP contribution in [0.15, 0.2) is 28.0 Å². The van der Waals surface area contributed by atoms with Crippen molar-refractivity contribution in [2.75, 3.05) is 0 Å². The second-order valence-electron chi connectivity index (χ2n) is 4.53. The first-order valence-corrected chi connectivity index (χ1v) is 6.52. The van der Waals surface area contributed by atoms with E-state index in [4.69, 9.17) is 0 Å². The van der Waals surface area contributed by atoms with Crippen LogP contribution in [0.1, 0.15) is 31.9 Å². The van der Waals surface area contributed by atoms with Crippen LogP contribution in [0.4, 0.5) is 0 Å². The van der Waals surface area contributed by atoms with Gasteiger partial charge in [-0.25, -0.2) is 8.42 Å². The maximum atomic E-state index is 11.9. The lowest BCUT2D eigenvalue weighted by atomic mass is 9.93. The fourth-order valence-electron chi connectivity index (χ4n) is 1.92. The Kier molecular flexibility index (Phi) is 2.26. The summed E-state index contributed by atoms with van der Waals surface area (Å²) < 4.78 is 23.8. The lowest BCUT2D eigenvalue weighted by Gasteiger charge is -2.20. The van der Waals surface area contributed by atoms with Crippen molar-refractivity contribution >= 4 is 15.9 Å². The van der Waals surface area contributed by atoms with Crippen molar-refractivity contribution in [3.8, 4) is 0 Å². The number of rotatable bonds is 1. The first-order valence-electron chi connectivity index (χ1n) is 5.04. The smallest absolute Gasteiger partial charge is 0.203 e. The lowest BCUT2D eigenvalue weighted by molar-refractivity contribution is 0.0782. The zero-order valence-corrected chi connectivity index (χ0v) is 10.3. The van der Waals surface area contributed by atoms with Crippen LogP contribution in [0.5, 0.6) is 0 Å². The van der Waals surface area contributed by atoms with Crippen molar-refractivity contribution in [2.24, 2.45) is 0 Å². The predicted molar refractivity (Wildman–Crippen MR) is 62.5 cm³/mol. The van der Waals surface area contributed by atoms with Gasteiger partial charge in [0.05, 0.1) is 10.5 Å². The van der Waals surface area contributed by atoms with E-state index in [2.05, 4.69) is 0 Å². The minimum Gasteiger partial charge on any atom is -0.386 e. The van der Waals surface area contributed by atoms with E-state index in [0.29, 0.717) is 20.9 Å². The second kappa shape index (κ2) is 3.18. The molecule has 0 radical (unpaired) electrons. The molecule has 3 nitrogen and oxygen atoms in total. The van der Waals surface area contributed by atoms with Crippen LogP contribution >= 0.6 is 0 Å². The molecule has 0 aliphatic carbocycles. The summed E-state index contributed by atoms with van der Waals surface area (Å²) in [5, 5.41) is 9.99. The van der Waals surface area contributed by atoms with E-state index in [1.165, 1.54) is 0 Å². The molecule has 1 aliphatic rings. The summed E-state index contributed by atoms with van der Waals surface area (Å²) in [6, 6.07) is 4.99. The SMILES string of the molecule is CC1=Cc2c(C(C)(C)O)cccc2S1(=O)=O. The Morgan fingerprint density at radius 3 is 2.44 bits per heavy atom. The first-order chi connectivity index (χ1) is 7.24. The van der Waals surface area contributed by atoms with E-state index in [1.54, 1.807) is 45.0 Å². The summed E-state index contributed by atoms with van der Waals surface area (Å²) in [5.74, 6) is 0. The molecule has 2 rings (SSSR count). The molecule has 0 amide bonds. The fraction of sp³-hybridized carbons (Fsp3) is 0.333. The number of allylic oxidation sites excluding steroid dienone is 1. The van der Waals surface area contributed by atoms with Gasteiger partial charge in [-0.1, -0.05) is 12.1 Å². The number of aliphatic hydroxyl groups is 1. The summed E-state index contributed by atoms with van der Waals surface area (Å²) in [7, 11) is -3.32. The van der Waals surface area contributed by atoms with Crippen molar-refractivity contribution in [3.05, 3.63) is 34.2 Å². The van der Waals surface area contributed by atoms with Crippen LogP contribution in [0.2, 0.25) is 0 Å². The van der Waals surface area contributed by atoms with Gasteiger partial charge in [0.15, 0.2) is 0 Å². The van der Waals surface area contributed by atoms with Gasteiger partial charge in [-0.3, -0.25) is 0 Å². The molecule has 0 saturated carbocycles. The van der Waals surface area contributed by atoms with Gasteiger partial charge in [0.2, 0.25) is 9.84 Å². The van der Waals surface area contributed by atoms with Gasteiger partial charge in [-0.05, 0) is 38.5 Å². The molecule has 1 aromatic carbocycles. The maximum absolute atomic E-state index is 11.9. The molecule has 0 saturated heterocycles. The standard InChI is InChI=1S/C12H14O3S/c1-8-7-9-10(12(2,3)13)5-4-6-11(9)16(8,14)15/h4-7,13H,1-3H3. The molecule has 86 valence electrons. The maximum Gasteiger partial charge on any atom is 0.203 e. The first kappa shape index (κ1) is 11.4. The molecule has 0 aromatic heterocycles. The number of hydrogen-bond donors (Lipinski definition) is 1. The summed E-state index contributed by atoms with van der Waals surface area (Å²) >= 11 is 0. The third kappa shape index (κ3) is 1.49. The number of sulfone groups is 1. The number of hydrogen-bond acceptors (Lipinski definition) is 3. The molecule has 1 N–H and O–H groups in total. The Balaban J connectivity index is 2.80. The molecule has 0 fully saturated rings. The van der Waals surface area contributed by atoms with E-state index in [9.17, 15) is 13.5 Å². The highest BCUT2D eigenvalue weighted by molar-refractivity contribution is 7.95. The number of benzene rings is 1. The number of fused-ring (bicyclic) bond motifs is 1. The molecule has 1 aliphatic heterocycles. The van der Waals surface area contributed by atoms with Crippen molar-refractivity contribution < 1.29 is 13.5 Å². The molecule has 4 heteroatoms. The van der Waals surface area contributed by atoms with Gasteiger partial charge >= 0.3 is 0 Å². The third-order valence-corrected chi connectivity index (χ3v) is 4.69. The average Bonchev–Trinajstić information content (AvgIpc) is 2.37. The van der Waals surface area contributed by atoms with Gasteiger partial charge in [-0.2, -0.15) is 0 Å². The minimum atomic E-state index is -3.32. The van der Waals surface area contributed by atoms with Gasteiger partial charge < -0.3 is 5.11 Å². The summed E-state index contributed by atoms with van der Waals surface area (Å²) in [6.45, 7) is 4.87. The van der Waals surface area contributed by atoms with Crippen molar-refractivity contribution in [1.29, 1.82) is 0 Å². The fourth-order valence-corrected chi connectivity index (χ4v) is 3.25. The van der Waals surface area contributed by atoms with Gasteiger partial charge in [0, 0.05) is 10.5 Å². The van der Waals surface area contributed by atoms with Crippen LogP contribution in [-0.4, -0.2) is 13.5 Å². The molecule has 0 atom stereocenters. The highest BCUT2D eigenvalue weighted by atomic mass is 32.2. The van der Waals surface area contributed by atoms with Gasteiger partial charge in [0.25, 0.3) is 0 Å². The van der Waals surface area contributed by atoms with E-state index in [1.807, 2.05) is 0 Å². The van der Waals surface area contributed by atoms with Crippen LogP contribution in [0.3, 0.4) is 0 Å². The summed E-state index contributed by atoms with van der Waals surface area (Å²) in [5.41, 5.74) is 0.222. The van der Waals surface area contributed by atoms with Gasteiger partial charge in [0.1, 0.15) is 0 Å². The largest absolute Gasteiger partial charge is 0.386 e. The van der Waals surface area contributed by atoms with Gasteiger partial charge in [-0.15, -0.1) is 0 Å². The summed E-state index contributed by atoms with van der Waals surface area (Å²) in [4.78, 5) is 0.629. The van der Waals surface area contributed by atoms with Crippen LogP contribution in [0.25, 0.3) is 6.08 Å².